The first-order valence-corrected chi connectivity index (χ1v) is 9.12. The Morgan fingerprint density at radius 3 is 2.22 bits per heavy atom. The molecule has 1 amide bonds. The maximum atomic E-state index is 12.5. The lowest BCUT2D eigenvalue weighted by Gasteiger charge is -2.16. The number of carbonyl (C=O) groups is 1. The lowest BCUT2D eigenvalue weighted by atomic mass is 10.1. The maximum absolute atomic E-state index is 12.5. The quantitative estimate of drug-likeness (QED) is 0.512. The zero-order chi connectivity index (χ0) is 19.6. The maximum Gasteiger partial charge on any atom is 0.271 e. The summed E-state index contributed by atoms with van der Waals surface area (Å²) in [6.07, 6.45) is 1.52. The number of rotatable bonds is 9. The molecule has 2 aromatic rings. The summed E-state index contributed by atoms with van der Waals surface area (Å²) in [5.74, 6) is 1.00. The van der Waals surface area contributed by atoms with Crippen molar-refractivity contribution in [2.45, 2.75) is 20.8 Å². The van der Waals surface area contributed by atoms with E-state index in [9.17, 15) is 4.79 Å². The van der Waals surface area contributed by atoms with Gasteiger partial charge in [0.2, 0.25) is 5.75 Å². The van der Waals surface area contributed by atoms with Crippen LogP contribution in [0.4, 0.5) is 0 Å². The van der Waals surface area contributed by atoms with Crippen molar-refractivity contribution in [2.75, 3.05) is 19.8 Å². The predicted molar refractivity (Wildman–Crippen MR) is 106 cm³/mol. The number of amides is 1. The number of benzene rings is 2. The van der Waals surface area contributed by atoms with Gasteiger partial charge in [-0.05, 0) is 50.6 Å². The first kappa shape index (κ1) is 20.6. The van der Waals surface area contributed by atoms with E-state index in [1.165, 1.54) is 6.21 Å². The summed E-state index contributed by atoms with van der Waals surface area (Å²) in [6, 6.07) is 10.4. The summed E-state index contributed by atoms with van der Waals surface area (Å²) in [5.41, 5.74) is 3.63. The van der Waals surface area contributed by atoms with Gasteiger partial charge in [0.15, 0.2) is 11.5 Å². The van der Waals surface area contributed by atoms with Gasteiger partial charge in [0, 0.05) is 10.6 Å². The largest absolute Gasteiger partial charge is 0.490 e. The highest BCUT2D eigenvalue weighted by molar-refractivity contribution is 6.30. The molecule has 2 aromatic carbocycles. The molecule has 0 aliphatic heterocycles. The average molecular weight is 391 g/mol. The smallest absolute Gasteiger partial charge is 0.271 e. The molecular formula is C20H23ClN2O4. The van der Waals surface area contributed by atoms with Crippen molar-refractivity contribution in [3.05, 3.63) is 52.5 Å². The van der Waals surface area contributed by atoms with E-state index in [2.05, 4.69) is 10.5 Å². The molecule has 144 valence electrons. The molecule has 7 heteroatoms. The highest BCUT2D eigenvalue weighted by Crippen LogP contribution is 2.39. The SMILES string of the molecule is CCOc1cc(C(=O)NN=Cc2cccc(Cl)c2)cc(OCC)c1OCC. The molecule has 6 nitrogen and oxygen atoms in total. The number of hydrogen-bond acceptors (Lipinski definition) is 5. The lowest BCUT2D eigenvalue weighted by Crippen LogP contribution is -2.18. The van der Waals surface area contributed by atoms with Crippen LogP contribution in [0.2, 0.25) is 5.02 Å². The van der Waals surface area contributed by atoms with E-state index in [-0.39, 0.29) is 0 Å². The van der Waals surface area contributed by atoms with E-state index in [4.69, 9.17) is 25.8 Å². The van der Waals surface area contributed by atoms with Gasteiger partial charge in [-0.1, -0.05) is 23.7 Å². The third-order valence-corrected chi connectivity index (χ3v) is 3.63. The van der Waals surface area contributed by atoms with Gasteiger partial charge in [-0.2, -0.15) is 5.10 Å². The molecule has 0 saturated heterocycles. The number of nitrogens with one attached hydrogen (secondary N) is 1. The van der Waals surface area contributed by atoms with E-state index in [1.807, 2.05) is 26.8 Å². The minimum absolute atomic E-state index is 0.355. The average Bonchev–Trinajstić information content (AvgIpc) is 2.64. The molecule has 0 aromatic heterocycles. The van der Waals surface area contributed by atoms with Gasteiger partial charge < -0.3 is 14.2 Å². The zero-order valence-corrected chi connectivity index (χ0v) is 16.4. The van der Waals surface area contributed by atoms with Crippen molar-refractivity contribution in [3.63, 3.8) is 0 Å². The fourth-order valence-corrected chi connectivity index (χ4v) is 2.54. The number of nitrogens with zero attached hydrogens (tertiary/aromatic N) is 1. The van der Waals surface area contributed by atoms with E-state index < -0.39 is 5.91 Å². The Hall–Kier alpha value is -2.73. The second kappa shape index (κ2) is 10.4. The van der Waals surface area contributed by atoms with Crippen molar-refractivity contribution in [2.24, 2.45) is 5.10 Å². The van der Waals surface area contributed by atoms with Crippen LogP contribution in [0.3, 0.4) is 0 Å². The first-order valence-electron chi connectivity index (χ1n) is 8.74. The molecule has 0 fully saturated rings. The van der Waals surface area contributed by atoms with Gasteiger partial charge in [-0.15, -0.1) is 0 Å². The normalized spacial score (nSPS) is 10.7. The number of hydrazone groups is 1. The van der Waals surface area contributed by atoms with Crippen LogP contribution in [-0.4, -0.2) is 31.9 Å². The lowest BCUT2D eigenvalue weighted by molar-refractivity contribution is 0.0954. The van der Waals surface area contributed by atoms with Crippen LogP contribution < -0.4 is 19.6 Å². The van der Waals surface area contributed by atoms with Crippen LogP contribution in [-0.2, 0) is 0 Å². The molecule has 0 unspecified atom stereocenters. The Balaban J connectivity index is 2.23. The fraction of sp³-hybridized carbons (Fsp3) is 0.300. The number of ether oxygens (including phenoxy) is 3. The van der Waals surface area contributed by atoms with Crippen LogP contribution >= 0.6 is 11.6 Å². The molecule has 0 radical (unpaired) electrons. The van der Waals surface area contributed by atoms with Crippen LogP contribution in [0.15, 0.2) is 41.5 Å². The van der Waals surface area contributed by atoms with Crippen LogP contribution in [0, 0.1) is 0 Å². The highest BCUT2D eigenvalue weighted by atomic mass is 35.5. The number of halogens is 1. The standard InChI is InChI=1S/C20H23ClN2O4/c1-4-25-17-11-15(12-18(26-5-2)19(17)27-6-3)20(24)23-22-13-14-8-7-9-16(21)10-14/h7-13H,4-6H2,1-3H3,(H,23,24). The Labute approximate surface area is 164 Å². The van der Waals surface area contributed by atoms with Gasteiger partial charge >= 0.3 is 0 Å². The van der Waals surface area contributed by atoms with Gasteiger partial charge in [0.1, 0.15) is 0 Å². The fourth-order valence-electron chi connectivity index (χ4n) is 2.34. The van der Waals surface area contributed by atoms with E-state index >= 15 is 0 Å². The van der Waals surface area contributed by atoms with Crippen molar-refractivity contribution in [3.8, 4) is 17.2 Å². The highest BCUT2D eigenvalue weighted by Gasteiger charge is 2.18. The summed E-state index contributed by atoms with van der Waals surface area (Å²) in [7, 11) is 0. The molecule has 0 aliphatic rings. The van der Waals surface area contributed by atoms with Gasteiger partial charge in [0.25, 0.3) is 5.91 Å². The zero-order valence-electron chi connectivity index (χ0n) is 15.6. The Bertz CT molecular complexity index is 781. The van der Waals surface area contributed by atoms with Crippen molar-refractivity contribution in [1.82, 2.24) is 5.43 Å². The van der Waals surface area contributed by atoms with Crippen LogP contribution in [0.1, 0.15) is 36.7 Å². The summed E-state index contributed by atoms with van der Waals surface area (Å²) < 4.78 is 16.9. The van der Waals surface area contributed by atoms with Crippen LogP contribution in [0.5, 0.6) is 17.2 Å². The van der Waals surface area contributed by atoms with Gasteiger partial charge in [-0.25, -0.2) is 5.43 Å². The molecule has 0 saturated carbocycles. The van der Waals surface area contributed by atoms with Crippen molar-refractivity contribution in [1.29, 1.82) is 0 Å². The molecule has 0 aliphatic carbocycles. The summed E-state index contributed by atoms with van der Waals surface area (Å²) in [6.45, 7) is 6.91. The Morgan fingerprint density at radius 2 is 1.67 bits per heavy atom. The molecule has 0 atom stereocenters. The van der Waals surface area contributed by atoms with Crippen LogP contribution in [0.25, 0.3) is 0 Å². The number of carbonyl (C=O) groups excluding carboxylic acids is 1. The second-order valence-corrected chi connectivity index (χ2v) is 5.79. The third kappa shape index (κ3) is 5.89. The third-order valence-electron chi connectivity index (χ3n) is 3.40. The summed E-state index contributed by atoms with van der Waals surface area (Å²) in [5, 5.41) is 4.57. The second-order valence-electron chi connectivity index (χ2n) is 5.35. The summed E-state index contributed by atoms with van der Waals surface area (Å²) in [4.78, 5) is 12.5. The van der Waals surface area contributed by atoms with Crippen molar-refractivity contribution >= 4 is 23.7 Å². The molecule has 27 heavy (non-hydrogen) atoms. The minimum Gasteiger partial charge on any atom is -0.490 e. The molecule has 0 spiro atoms. The van der Waals surface area contributed by atoms with E-state index in [0.717, 1.165) is 5.56 Å². The summed E-state index contributed by atoms with van der Waals surface area (Å²) >= 11 is 5.93. The minimum atomic E-state index is -0.391. The van der Waals surface area contributed by atoms with Gasteiger partial charge in [-0.3, -0.25) is 4.79 Å². The molecule has 2 rings (SSSR count). The molecular weight excluding hydrogens is 368 g/mol. The first-order chi connectivity index (χ1) is 13.1. The van der Waals surface area contributed by atoms with E-state index in [0.29, 0.717) is 47.7 Å². The number of hydrogen-bond donors (Lipinski definition) is 1. The van der Waals surface area contributed by atoms with Crippen molar-refractivity contribution < 1.29 is 19.0 Å². The van der Waals surface area contributed by atoms with E-state index in [1.54, 1.807) is 30.3 Å². The Morgan fingerprint density at radius 1 is 1.04 bits per heavy atom. The van der Waals surface area contributed by atoms with Gasteiger partial charge in [0.05, 0.1) is 26.0 Å². The topological polar surface area (TPSA) is 69.2 Å². The monoisotopic (exact) mass is 390 g/mol. The predicted octanol–water partition coefficient (Wildman–Crippen LogP) is 4.30. The molecule has 0 heterocycles. The Kier molecular flexibility index (Phi) is 7.95. The molecule has 1 N–H and O–H groups in total. The molecule has 0 bridgehead atoms.